The second-order valence-corrected chi connectivity index (χ2v) is 9.41. The van der Waals surface area contributed by atoms with Crippen molar-refractivity contribution in [2.45, 2.75) is 109 Å². The predicted octanol–water partition coefficient (Wildman–Crippen LogP) is 4.75. The van der Waals surface area contributed by atoms with Crippen molar-refractivity contribution in [3.8, 4) is 0 Å². The van der Waals surface area contributed by atoms with Crippen molar-refractivity contribution in [2.75, 3.05) is 33.5 Å². The maximum atomic E-state index is 12.2. The number of ketones is 1. The van der Waals surface area contributed by atoms with Crippen LogP contribution in [-0.4, -0.2) is 67.3 Å². The number of unbranched alkanes of at least 4 members (excludes halogenated alkanes) is 11. The molecule has 9 heteroatoms. The first-order valence-corrected chi connectivity index (χ1v) is 13.7. The molecule has 0 aliphatic carbocycles. The van der Waals surface area contributed by atoms with Gasteiger partial charge >= 0.3 is 11.9 Å². The number of carboxylic acids is 2. The Labute approximate surface area is 216 Å². The molecule has 1 unspecified atom stereocenters. The van der Waals surface area contributed by atoms with Crippen LogP contribution in [0.3, 0.4) is 0 Å². The Morgan fingerprint density at radius 1 is 0.694 bits per heavy atom. The first-order valence-electron chi connectivity index (χ1n) is 13.7. The highest BCUT2D eigenvalue weighted by Gasteiger charge is 2.22. The number of hydrogen-bond donors (Lipinski definition) is 3. The number of hydrogen-bond acceptors (Lipinski definition) is 6. The summed E-state index contributed by atoms with van der Waals surface area (Å²) >= 11 is 0. The highest BCUT2D eigenvalue weighted by Crippen LogP contribution is 2.16. The van der Waals surface area contributed by atoms with Crippen LogP contribution in [0, 0.1) is 5.92 Å². The van der Waals surface area contributed by atoms with Crippen molar-refractivity contribution < 1.29 is 38.9 Å². The van der Waals surface area contributed by atoms with Gasteiger partial charge in [-0.25, -0.2) is 0 Å². The number of rotatable bonds is 27. The van der Waals surface area contributed by atoms with E-state index >= 15 is 0 Å². The lowest BCUT2D eigenvalue weighted by atomic mass is 9.94. The van der Waals surface area contributed by atoms with E-state index in [4.69, 9.17) is 14.6 Å². The van der Waals surface area contributed by atoms with Gasteiger partial charge in [0.2, 0.25) is 5.91 Å². The van der Waals surface area contributed by atoms with Gasteiger partial charge in [-0.3, -0.25) is 19.2 Å². The van der Waals surface area contributed by atoms with Gasteiger partial charge in [0.1, 0.15) is 5.78 Å². The number of carboxylic acid groups (broad SMARTS) is 2. The number of ether oxygens (including phenoxy) is 2. The third-order valence-corrected chi connectivity index (χ3v) is 6.14. The molecule has 3 N–H and O–H groups in total. The molecule has 0 rings (SSSR count). The van der Waals surface area contributed by atoms with Gasteiger partial charge in [0.15, 0.2) is 0 Å². The third kappa shape index (κ3) is 23.7. The molecule has 9 nitrogen and oxygen atoms in total. The topological polar surface area (TPSA) is 139 Å². The number of nitrogens with one attached hydrogen (secondary N) is 1. The van der Waals surface area contributed by atoms with Crippen LogP contribution in [-0.2, 0) is 28.7 Å². The number of methoxy groups -OCH3 is 1. The first-order chi connectivity index (χ1) is 17.4. The fourth-order valence-electron chi connectivity index (χ4n) is 3.96. The SMILES string of the molecule is COCCOCCNC(=O)CCC(CC(=O)CCCCCCCCCCCCCCC(=O)O)C(=O)O. The molecule has 0 aromatic heterocycles. The molecule has 0 aromatic carbocycles. The molecule has 1 amide bonds. The Hall–Kier alpha value is -2.00. The molecule has 0 radical (unpaired) electrons. The Morgan fingerprint density at radius 2 is 1.22 bits per heavy atom. The van der Waals surface area contributed by atoms with Gasteiger partial charge in [-0.15, -0.1) is 0 Å². The van der Waals surface area contributed by atoms with Crippen LogP contribution in [0.2, 0.25) is 0 Å². The van der Waals surface area contributed by atoms with Crippen LogP contribution in [0.25, 0.3) is 0 Å². The molecule has 0 aliphatic heterocycles. The van der Waals surface area contributed by atoms with E-state index in [0.29, 0.717) is 32.8 Å². The van der Waals surface area contributed by atoms with E-state index in [-0.39, 0.29) is 37.4 Å². The summed E-state index contributed by atoms with van der Waals surface area (Å²) in [7, 11) is 1.58. The molecule has 0 bridgehead atoms. The zero-order valence-electron chi connectivity index (χ0n) is 22.3. The Morgan fingerprint density at radius 3 is 1.72 bits per heavy atom. The highest BCUT2D eigenvalue weighted by molar-refractivity contribution is 5.84. The summed E-state index contributed by atoms with van der Waals surface area (Å²) in [5.74, 6) is -2.84. The second kappa shape index (κ2) is 24.7. The second-order valence-electron chi connectivity index (χ2n) is 9.41. The fraction of sp³-hybridized carbons (Fsp3) is 0.852. The number of Topliss-reactive ketones (excluding diaryl/α,β-unsaturated/α-hetero) is 1. The van der Waals surface area contributed by atoms with Gasteiger partial charge in [0.25, 0.3) is 0 Å². The van der Waals surface area contributed by atoms with Crippen LogP contribution >= 0.6 is 0 Å². The lowest BCUT2D eigenvalue weighted by Gasteiger charge is -2.12. The summed E-state index contributed by atoms with van der Waals surface area (Å²) in [6, 6.07) is 0. The van der Waals surface area contributed by atoms with Crippen LogP contribution < -0.4 is 5.32 Å². The molecular weight excluding hydrogens is 466 g/mol. The maximum absolute atomic E-state index is 12.2. The Balaban J connectivity index is 3.68. The molecule has 36 heavy (non-hydrogen) atoms. The standard InChI is InChI=1S/C27H49NO8/c1-35-20-21-36-19-18-28-25(30)17-16-23(27(33)34)22-24(29)14-12-10-8-6-4-2-3-5-7-9-11-13-15-26(31)32/h23H,2-22H2,1H3,(H,28,30)(H,31,32)(H,33,34). The van der Waals surface area contributed by atoms with Gasteiger partial charge in [-0.2, -0.15) is 0 Å². The van der Waals surface area contributed by atoms with Crippen molar-refractivity contribution >= 4 is 23.6 Å². The minimum atomic E-state index is -1.03. The summed E-state index contributed by atoms with van der Waals surface area (Å²) in [5, 5.41) is 20.7. The summed E-state index contributed by atoms with van der Waals surface area (Å²) in [5.41, 5.74) is 0. The minimum absolute atomic E-state index is 0.0148. The fourth-order valence-corrected chi connectivity index (χ4v) is 3.96. The number of amides is 1. The average Bonchev–Trinajstić information content (AvgIpc) is 2.83. The molecule has 0 aliphatic rings. The van der Waals surface area contributed by atoms with Crippen molar-refractivity contribution in [3.63, 3.8) is 0 Å². The third-order valence-electron chi connectivity index (χ3n) is 6.14. The zero-order chi connectivity index (χ0) is 26.9. The summed E-state index contributed by atoms with van der Waals surface area (Å²) < 4.78 is 10.1. The highest BCUT2D eigenvalue weighted by atomic mass is 16.5. The number of carbonyl (C=O) groups excluding carboxylic acids is 2. The van der Waals surface area contributed by atoms with E-state index in [1.807, 2.05) is 0 Å². The molecule has 0 spiro atoms. The smallest absolute Gasteiger partial charge is 0.306 e. The molecule has 0 aromatic rings. The number of aliphatic carboxylic acids is 2. The van der Waals surface area contributed by atoms with E-state index in [0.717, 1.165) is 44.9 Å². The predicted molar refractivity (Wildman–Crippen MR) is 138 cm³/mol. The molecule has 0 fully saturated rings. The van der Waals surface area contributed by atoms with Crippen LogP contribution in [0.1, 0.15) is 109 Å². The van der Waals surface area contributed by atoms with Crippen molar-refractivity contribution in [3.05, 3.63) is 0 Å². The molecule has 1 atom stereocenters. The Bertz CT molecular complexity index is 596. The zero-order valence-corrected chi connectivity index (χ0v) is 22.3. The van der Waals surface area contributed by atoms with Gasteiger partial charge in [0.05, 0.1) is 25.7 Å². The van der Waals surface area contributed by atoms with E-state index < -0.39 is 17.9 Å². The molecular formula is C27H49NO8. The average molecular weight is 516 g/mol. The van der Waals surface area contributed by atoms with Gasteiger partial charge in [0, 0.05) is 39.3 Å². The van der Waals surface area contributed by atoms with Gasteiger partial charge < -0.3 is 25.0 Å². The quantitative estimate of drug-likeness (QED) is 0.133. The van der Waals surface area contributed by atoms with Crippen LogP contribution in [0.5, 0.6) is 0 Å². The van der Waals surface area contributed by atoms with Crippen molar-refractivity contribution in [1.82, 2.24) is 5.32 Å². The molecule has 0 saturated carbocycles. The Kier molecular flexibility index (Phi) is 23.3. The maximum Gasteiger partial charge on any atom is 0.306 e. The van der Waals surface area contributed by atoms with Gasteiger partial charge in [-0.1, -0.05) is 64.2 Å². The van der Waals surface area contributed by atoms with Crippen LogP contribution in [0.4, 0.5) is 0 Å². The summed E-state index contributed by atoms with van der Waals surface area (Å²) in [4.78, 5) is 46.0. The largest absolute Gasteiger partial charge is 0.481 e. The van der Waals surface area contributed by atoms with Gasteiger partial charge in [-0.05, 0) is 19.3 Å². The summed E-state index contributed by atoms with van der Waals surface area (Å²) in [6.07, 6.45) is 13.8. The minimum Gasteiger partial charge on any atom is -0.481 e. The lowest BCUT2D eigenvalue weighted by Crippen LogP contribution is -2.29. The van der Waals surface area contributed by atoms with E-state index in [1.54, 1.807) is 7.11 Å². The number of carbonyl (C=O) groups is 4. The first kappa shape index (κ1) is 34.0. The summed E-state index contributed by atoms with van der Waals surface area (Å²) in [6.45, 7) is 1.67. The normalized spacial score (nSPS) is 11.8. The molecule has 210 valence electrons. The molecule has 0 heterocycles. The van der Waals surface area contributed by atoms with E-state index in [9.17, 15) is 24.3 Å². The van der Waals surface area contributed by atoms with E-state index in [1.165, 1.54) is 32.1 Å². The van der Waals surface area contributed by atoms with Crippen molar-refractivity contribution in [2.24, 2.45) is 5.92 Å². The molecule has 0 saturated heterocycles. The lowest BCUT2D eigenvalue weighted by molar-refractivity contribution is -0.144. The van der Waals surface area contributed by atoms with E-state index in [2.05, 4.69) is 5.32 Å². The monoisotopic (exact) mass is 515 g/mol. The van der Waals surface area contributed by atoms with Crippen molar-refractivity contribution in [1.29, 1.82) is 0 Å². The van der Waals surface area contributed by atoms with Crippen LogP contribution in [0.15, 0.2) is 0 Å².